The number of benzene rings is 1. The van der Waals surface area contributed by atoms with Gasteiger partial charge in [0.1, 0.15) is 0 Å². The number of rotatable bonds is 1. The van der Waals surface area contributed by atoms with Gasteiger partial charge in [-0.05, 0) is 31.2 Å². The Labute approximate surface area is 107 Å². The second-order valence-electron chi connectivity index (χ2n) is 3.89. The Bertz CT molecular complexity index is 671. The summed E-state index contributed by atoms with van der Waals surface area (Å²) < 4.78 is 2.95. The van der Waals surface area contributed by atoms with E-state index >= 15 is 0 Å². The first-order chi connectivity index (χ1) is 8.25. The third-order valence-electron chi connectivity index (χ3n) is 2.76. The lowest BCUT2D eigenvalue weighted by Gasteiger charge is -2.04. The highest BCUT2D eigenvalue weighted by molar-refractivity contribution is 9.10. The monoisotopic (exact) mass is 287 g/mol. The minimum atomic E-state index is 0.948. The quantitative estimate of drug-likeness (QED) is 0.686. The molecule has 3 nitrogen and oxygen atoms in total. The van der Waals surface area contributed by atoms with Crippen LogP contribution in [-0.4, -0.2) is 14.8 Å². The Morgan fingerprint density at radius 2 is 1.82 bits per heavy atom. The van der Waals surface area contributed by atoms with Gasteiger partial charge in [0, 0.05) is 10.0 Å². The molecule has 0 saturated heterocycles. The van der Waals surface area contributed by atoms with Gasteiger partial charge in [-0.25, -0.2) is 4.52 Å². The van der Waals surface area contributed by atoms with E-state index in [1.807, 2.05) is 41.8 Å². The molecule has 0 aliphatic heterocycles. The molecule has 2 heterocycles. The van der Waals surface area contributed by atoms with Gasteiger partial charge in [0.15, 0.2) is 0 Å². The van der Waals surface area contributed by atoms with E-state index in [1.165, 1.54) is 0 Å². The zero-order valence-corrected chi connectivity index (χ0v) is 10.8. The summed E-state index contributed by atoms with van der Waals surface area (Å²) in [5.41, 5.74) is 4.17. The van der Waals surface area contributed by atoms with Crippen LogP contribution in [0.15, 0.2) is 46.9 Å². The van der Waals surface area contributed by atoms with Crippen molar-refractivity contribution in [3.8, 4) is 11.3 Å². The fourth-order valence-electron chi connectivity index (χ4n) is 1.87. The van der Waals surface area contributed by atoms with Crippen LogP contribution in [0.2, 0.25) is 0 Å². The van der Waals surface area contributed by atoms with Crippen LogP contribution < -0.4 is 0 Å². The largest absolute Gasteiger partial charge is 0.213 e. The molecule has 2 aromatic heterocycles. The third-order valence-corrected chi connectivity index (χ3v) is 3.29. The molecule has 0 amide bonds. The lowest BCUT2D eigenvalue weighted by molar-refractivity contribution is 0.855. The maximum absolute atomic E-state index is 4.17. The van der Waals surface area contributed by atoms with Gasteiger partial charge < -0.3 is 0 Å². The molecule has 0 aliphatic rings. The first-order valence-corrected chi connectivity index (χ1v) is 6.12. The van der Waals surface area contributed by atoms with Crippen LogP contribution >= 0.6 is 15.9 Å². The second kappa shape index (κ2) is 3.96. The van der Waals surface area contributed by atoms with Crippen molar-refractivity contribution >= 4 is 21.4 Å². The van der Waals surface area contributed by atoms with Crippen LogP contribution in [0.5, 0.6) is 0 Å². The molecule has 17 heavy (non-hydrogen) atoms. The third kappa shape index (κ3) is 1.74. The van der Waals surface area contributed by atoms with Crippen molar-refractivity contribution in [1.29, 1.82) is 0 Å². The normalized spacial score (nSPS) is 10.9. The Morgan fingerprint density at radius 1 is 1.06 bits per heavy atom. The zero-order valence-electron chi connectivity index (χ0n) is 9.26. The molecule has 84 valence electrons. The molecule has 0 fully saturated rings. The van der Waals surface area contributed by atoms with Crippen LogP contribution in [0, 0.1) is 6.92 Å². The molecular formula is C13H10BrN3. The Kier molecular flexibility index (Phi) is 2.44. The van der Waals surface area contributed by atoms with E-state index in [-0.39, 0.29) is 0 Å². The van der Waals surface area contributed by atoms with Gasteiger partial charge in [-0.15, -0.1) is 5.10 Å². The van der Waals surface area contributed by atoms with Gasteiger partial charge >= 0.3 is 0 Å². The van der Waals surface area contributed by atoms with Crippen molar-refractivity contribution < 1.29 is 0 Å². The average molecular weight is 288 g/mol. The summed E-state index contributed by atoms with van der Waals surface area (Å²) >= 11 is 3.44. The molecule has 0 radical (unpaired) electrons. The molecule has 3 rings (SSSR count). The molecule has 1 aromatic carbocycles. The summed E-state index contributed by atoms with van der Waals surface area (Å²) in [6.45, 7) is 1.97. The predicted molar refractivity (Wildman–Crippen MR) is 70.9 cm³/mol. The number of aryl methyl sites for hydroxylation is 1. The number of aromatic nitrogens is 3. The molecule has 0 atom stereocenters. The average Bonchev–Trinajstić information content (AvgIpc) is 2.73. The molecule has 0 saturated carbocycles. The van der Waals surface area contributed by atoms with Crippen LogP contribution in [0.25, 0.3) is 16.8 Å². The molecule has 0 aliphatic carbocycles. The lowest BCUT2D eigenvalue weighted by atomic mass is 10.1. The van der Waals surface area contributed by atoms with Crippen molar-refractivity contribution in [1.82, 2.24) is 14.8 Å². The molecule has 4 heteroatoms. The topological polar surface area (TPSA) is 30.2 Å². The highest BCUT2D eigenvalue weighted by atomic mass is 79.9. The number of halogens is 1. The Morgan fingerprint density at radius 3 is 2.59 bits per heavy atom. The number of fused-ring (bicyclic) bond motifs is 1. The minimum Gasteiger partial charge on any atom is -0.213 e. The van der Waals surface area contributed by atoms with Gasteiger partial charge in [-0.1, -0.05) is 39.3 Å². The van der Waals surface area contributed by atoms with Crippen molar-refractivity contribution in [2.45, 2.75) is 6.92 Å². The van der Waals surface area contributed by atoms with Gasteiger partial charge in [-0.3, -0.25) is 0 Å². The van der Waals surface area contributed by atoms with E-state index in [9.17, 15) is 0 Å². The Balaban J connectivity index is 2.26. The van der Waals surface area contributed by atoms with Crippen molar-refractivity contribution in [2.75, 3.05) is 0 Å². The Hall–Kier alpha value is -1.68. The van der Waals surface area contributed by atoms with Gasteiger partial charge in [-0.2, -0.15) is 0 Å². The van der Waals surface area contributed by atoms with Gasteiger partial charge in [0.2, 0.25) is 0 Å². The van der Waals surface area contributed by atoms with Crippen LogP contribution in [0.3, 0.4) is 0 Å². The molecular weight excluding hydrogens is 278 g/mol. The van der Waals surface area contributed by atoms with E-state index in [0.717, 1.165) is 26.9 Å². The number of hydrogen-bond acceptors (Lipinski definition) is 2. The summed E-state index contributed by atoms with van der Waals surface area (Å²) in [5, 5.41) is 8.28. The number of hydrogen-bond donors (Lipinski definition) is 0. The molecule has 0 spiro atoms. The summed E-state index contributed by atoms with van der Waals surface area (Å²) in [6.07, 6.45) is 0. The van der Waals surface area contributed by atoms with E-state index in [2.05, 4.69) is 38.4 Å². The summed E-state index contributed by atoms with van der Waals surface area (Å²) in [6, 6.07) is 14.3. The van der Waals surface area contributed by atoms with Crippen LogP contribution in [0.4, 0.5) is 0 Å². The minimum absolute atomic E-state index is 0.948. The standard InChI is InChI=1S/C13H10BrN3/c1-9-12-3-2-4-13(17(12)16-15-9)10-5-7-11(14)8-6-10/h2-8H,1H3. The van der Waals surface area contributed by atoms with Crippen molar-refractivity contribution in [3.63, 3.8) is 0 Å². The van der Waals surface area contributed by atoms with E-state index in [1.54, 1.807) is 0 Å². The zero-order chi connectivity index (χ0) is 11.8. The summed E-state index contributed by atoms with van der Waals surface area (Å²) in [4.78, 5) is 0. The maximum Gasteiger partial charge on any atom is 0.0901 e. The number of pyridine rings is 1. The first kappa shape index (κ1) is 10.5. The van der Waals surface area contributed by atoms with E-state index in [0.29, 0.717) is 0 Å². The first-order valence-electron chi connectivity index (χ1n) is 5.33. The van der Waals surface area contributed by atoms with Gasteiger partial charge in [0.05, 0.1) is 16.9 Å². The van der Waals surface area contributed by atoms with Crippen molar-refractivity contribution in [2.24, 2.45) is 0 Å². The lowest BCUT2D eigenvalue weighted by Crippen LogP contribution is -1.93. The smallest absolute Gasteiger partial charge is 0.0901 e. The molecule has 0 unspecified atom stereocenters. The highest BCUT2D eigenvalue weighted by Crippen LogP contribution is 2.22. The molecule has 0 N–H and O–H groups in total. The second-order valence-corrected chi connectivity index (χ2v) is 4.81. The maximum atomic E-state index is 4.17. The van der Waals surface area contributed by atoms with Crippen molar-refractivity contribution in [3.05, 3.63) is 52.6 Å². The van der Waals surface area contributed by atoms with Gasteiger partial charge in [0.25, 0.3) is 0 Å². The van der Waals surface area contributed by atoms with E-state index < -0.39 is 0 Å². The summed E-state index contributed by atoms with van der Waals surface area (Å²) in [7, 11) is 0. The number of nitrogens with zero attached hydrogens (tertiary/aromatic N) is 3. The summed E-state index contributed by atoms with van der Waals surface area (Å²) in [5.74, 6) is 0. The molecule has 0 bridgehead atoms. The van der Waals surface area contributed by atoms with Crippen LogP contribution in [0.1, 0.15) is 5.69 Å². The highest BCUT2D eigenvalue weighted by Gasteiger charge is 2.06. The fraction of sp³-hybridized carbons (Fsp3) is 0.0769. The molecule has 3 aromatic rings. The SMILES string of the molecule is Cc1nnn2c(-c3ccc(Br)cc3)cccc12. The van der Waals surface area contributed by atoms with Crippen LogP contribution in [-0.2, 0) is 0 Å². The predicted octanol–water partition coefficient (Wildman–Crippen LogP) is 3.47. The van der Waals surface area contributed by atoms with E-state index in [4.69, 9.17) is 0 Å². The fourth-order valence-corrected chi connectivity index (χ4v) is 2.14.